The summed E-state index contributed by atoms with van der Waals surface area (Å²) in [6, 6.07) is 0. The molecule has 0 saturated heterocycles. The van der Waals surface area contributed by atoms with Crippen LogP contribution in [0.1, 0.15) is 98.8 Å². The quantitative estimate of drug-likeness (QED) is 0.359. The summed E-state index contributed by atoms with van der Waals surface area (Å²) in [5, 5.41) is 12.6. The molecule has 0 bridgehead atoms. The number of hydrogen-bond donors (Lipinski definition) is 1. The van der Waals surface area contributed by atoms with Gasteiger partial charge >= 0.3 is 0 Å². The summed E-state index contributed by atoms with van der Waals surface area (Å²) >= 11 is 0. The summed E-state index contributed by atoms with van der Waals surface area (Å²) < 4.78 is 15.5. The van der Waals surface area contributed by atoms with Crippen LogP contribution in [0, 0.1) is 46.3 Å². The number of hydrogen-bond acceptors (Lipinski definition) is 2. The Morgan fingerprint density at radius 3 is 2.57 bits per heavy atom. The fourth-order valence-electron chi connectivity index (χ4n) is 8.67. The first-order valence-electron chi connectivity index (χ1n) is 12.8. The minimum Gasteiger partial charge on any atom is -0.411 e. The molecule has 1 N–H and O–H groups in total. The Morgan fingerprint density at radius 1 is 1.10 bits per heavy atom. The number of nitrogens with zero attached hydrogens (tertiary/aromatic N) is 1. The van der Waals surface area contributed by atoms with E-state index in [0.717, 1.165) is 36.2 Å². The van der Waals surface area contributed by atoms with Crippen molar-refractivity contribution < 1.29 is 9.60 Å². The normalized spacial score (nSPS) is 45.6. The van der Waals surface area contributed by atoms with Crippen molar-refractivity contribution in [2.75, 3.05) is 0 Å². The number of fused-ring (bicyclic) bond motifs is 5. The largest absolute Gasteiger partial charge is 0.411 e. The number of alkyl halides is 1. The second-order valence-corrected chi connectivity index (χ2v) is 12.2. The van der Waals surface area contributed by atoms with Crippen molar-refractivity contribution in [2.24, 2.45) is 51.5 Å². The maximum absolute atomic E-state index is 15.5. The lowest BCUT2D eigenvalue weighted by molar-refractivity contribution is -0.0712. The van der Waals surface area contributed by atoms with E-state index in [9.17, 15) is 5.21 Å². The highest BCUT2D eigenvalue weighted by atomic mass is 19.1. The third-order valence-electron chi connectivity index (χ3n) is 10.3. The Balaban J connectivity index is 1.53. The smallest absolute Gasteiger partial charge is 0.122 e. The molecule has 0 aromatic heterocycles. The van der Waals surface area contributed by atoms with Crippen LogP contribution in [0.3, 0.4) is 0 Å². The summed E-state index contributed by atoms with van der Waals surface area (Å²) in [6.07, 6.45) is 12.7. The van der Waals surface area contributed by atoms with Gasteiger partial charge in [0, 0.05) is 0 Å². The molecule has 0 unspecified atom stereocenters. The van der Waals surface area contributed by atoms with Gasteiger partial charge in [0.1, 0.15) is 6.17 Å². The maximum Gasteiger partial charge on any atom is 0.122 e. The van der Waals surface area contributed by atoms with Crippen molar-refractivity contribution in [3.63, 3.8) is 0 Å². The van der Waals surface area contributed by atoms with Crippen LogP contribution < -0.4 is 0 Å². The molecule has 4 aliphatic rings. The zero-order chi connectivity index (χ0) is 21.7. The van der Waals surface area contributed by atoms with Gasteiger partial charge in [-0.2, -0.15) is 0 Å². The first-order chi connectivity index (χ1) is 14.2. The van der Waals surface area contributed by atoms with Gasteiger partial charge in [0.05, 0.1) is 5.71 Å². The van der Waals surface area contributed by atoms with Crippen molar-refractivity contribution in [3.8, 4) is 0 Å². The van der Waals surface area contributed by atoms with Crippen LogP contribution in [-0.4, -0.2) is 17.1 Å². The van der Waals surface area contributed by atoms with Gasteiger partial charge in [-0.15, -0.1) is 0 Å². The van der Waals surface area contributed by atoms with Crippen molar-refractivity contribution in [3.05, 3.63) is 11.6 Å². The van der Waals surface area contributed by atoms with Crippen LogP contribution in [-0.2, 0) is 0 Å². The van der Waals surface area contributed by atoms with Crippen LogP contribution in [0.25, 0.3) is 0 Å². The summed E-state index contributed by atoms with van der Waals surface area (Å²) in [7, 11) is 0. The Labute approximate surface area is 183 Å². The third kappa shape index (κ3) is 3.56. The van der Waals surface area contributed by atoms with Gasteiger partial charge in [0.2, 0.25) is 0 Å². The predicted octanol–water partition coefficient (Wildman–Crippen LogP) is 7.81. The number of halogens is 1. The van der Waals surface area contributed by atoms with Crippen LogP contribution in [0.15, 0.2) is 16.8 Å². The molecule has 0 aromatic rings. The molecule has 8 atom stereocenters. The fourth-order valence-corrected chi connectivity index (χ4v) is 8.67. The van der Waals surface area contributed by atoms with Crippen LogP contribution in [0.2, 0.25) is 0 Å². The van der Waals surface area contributed by atoms with Crippen LogP contribution >= 0.6 is 0 Å². The maximum atomic E-state index is 15.5. The van der Waals surface area contributed by atoms with Gasteiger partial charge in [-0.05, 0) is 103 Å². The van der Waals surface area contributed by atoms with Crippen LogP contribution in [0.5, 0.6) is 0 Å². The number of oxime groups is 1. The van der Waals surface area contributed by atoms with E-state index in [1.54, 1.807) is 0 Å². The molecule has 0 aliphatic heterocycles. The lowest BCUT2D eigenvalue weighted by atomic mass is 9.46. The summed E-state index contributed by atoms with van der Waals surface area (Å²) in [4.78, 5) is 0. The topological polar surface area (TPSA) is 32.6 Å². The van der Waals surface area contributed by atoms with Gasteiger partial charge in [-0.25, -0.2) is 4.39 Å². The SMILES string of the molecule is CC(C)CCC[C@@H](C)[C@H]1CC[C@H]2[C@@H]3C[C@@H](F)C4=CC(=NO)CC[C@]4(C)[C@H]3CC[C@]12C. The van der Waals surface area contributed by atoms with Gasteiger partial charge in [0.15, 0.2) is 0 Å². The highest BCUT2D eigenvalue weighted by Crippen LogP contribution is 2.68. The Bertz CT molecular complexity index is 699. The monoisotopic (exact) mass is 417 g/mol. The Morgan fingerprint density at radius 2 is 1.87 bits per heavy atom. The first-order valence-corrected chi connectivity index (χ1v) is 12.8. The molecular weight excluding hydrogens is 373 g/mol. The second kappa shape index (κ2) is 8.24. The van der Waals surface area contributed by atoms with E-state index in [0.29, 0.717) is 35.3 Å². The lowest BCUT2D eigenvalue weighted by Gasteiger charge is -2.59. The van der Waals surface area contributed by atoms with Crippen molar-refractivity contribution in [1.29, 1.82) is 0 Å². The summed E-state index contributed by atoms with van der Waals surface area (Å²) in [6.45, 7) is 12.1. The van der Waals surface area contributed by atoms with E-state index in [4.69, 9.17) is 0 Å². The second-order valence-electron chi connectivity index (χ2n) is 12.2. The predicted molar refractivity (Wildman–Crippen MR) is 123 cm³/mol. The average Bonchev–Trinajstić information content (AvgIpc) is 3.05. The van der Waals surface area contributed by atoms with E-state index < -0.39 is 6.17 Å². The van der Waals surface area contributed by atoms with E-state index in [-0.39, 0.29) is 5.41 Å². The molecule has 0 radical (unpaired) electrons. The van der Waals surface area contributed by atoms with Gasteiger partial charge in [-0.3, -0.25) is 0 Å². The molecular formula is C27H44FNO. The molecule has 0 aromatic carbocycles. The fraction of sp³-hybridized carbons (Fsp3) is 0.889. The zero-order valence-electron chi connectivity index (χ0n) is 20.0. The Hall–Kier alpha value is -0.860. The molecule has 2 nitrogen and oxygen atoms in total. The molecule has 0 amide bonds. The van der Waals surface area contributed by atoms with Gasteiger partial charge < -0.3 is 5.21 Å². The minimum absolute atomic E-state index is 0.0428. The molecule has 3 heteroatoms. The van der Waals surface area contributed by atoms with E-state index >= 15 is 4.39 Å². The highest BCUT2D eigenvalue weighted by molar-refractivity contribution is 5.96. The van der Waals surface area contributed by atoms with E-state index in [1.165, 1.54) is 44.9 Å². The Kier molecular flexibility index (Phi) is 6.14. The van der Waals surface area contributed by atoms with Crippen molar-refractivity contribution in [2.45, 2.75) is 105 Å². The van der Waals surface area contributed by atoms with E-state index in [2.05, 4.69) is 39.8 Å². The van der Waals surface area contributed by atoms with E-state index in [1.807, 2.05) is 6.08 Å². The molecule has 4 rings (SSSR count). The molecule has 4 aliphatic carbocycles. The molecule has 3 saturated carbocycles. The van der Waals surface area contributed by atoms with Crippen molar-refractivity contribution >= 4 is 5.71 Å². The molecule has 3 fully saturated rings. The summed E-state index contributed by atoms with van der Waals surface area (Å²) in [5.41, 5.74) is 1.96. The molecule has 0 heterocycles. The van der Waals surface area contributed by atoms with Gasteiger partial charge in [0.25, 0.3) is 0 Å². The molecule has 0 spiro atoms. The number of rotatable bonds is 5. The third-order valence-corrected chi connectivity index (χ3v) is 10.3. The summed E-state index contributed by atoms with van der Waals surface area (Å²) in [5.74, 6) is 4.24. The van der Waals surface area contributed by atoms with Crippen LogP contribution in [0.4, 0.5) is 4.39 Å². The molecule has 170 valence electrons. The first kappa shape index (κ1) is 22.3. The van der Waals surface area contributed by atoms with Gasteiger partial charge in [-0.1, -0.05) is 59.0 Å². The minimum atomic E-state index is -0.863. The number of allylic oxidation sites excluding steroid dienone is 2. The molecule has 30 heavy (non-hydrogen) atoms. The standard InChI is InChI=1S/C27H44FNO/c1-17(2)7-6-8-18(3)21-9-10-22-20-16-25(28)24-15-19(29-30)11-13-27(24,5)23(20)12-14-26(21,22)4/h15,17-18,20-23,25,30H,6-14,16H2,1-5H3/t18-,20+,21-,22+,23+,25-,26-,27-/m1/s1. The lowest BCUT2D eigenvalue weighted by Crippen LogP contribution is -2.53. The highest BCUT2D eigenvalue weighted by Gasteiger charge is 2.61. The average molecular weight is 418 g/mol. The van der Waals surface area contributed by atoms with Crippen molar-refractivity contribution in [1.82, 2.24) is 0 Å². The zero-order valence-corrected chi connectivity index (χ0v) is 20.0.